The molecule has 1 aliphatic rings. The van der Waals surface area contributed by atoms with Crippen molar-refractivity contribution >= 4 is 17.4 Å². The maximum atomic E-state index is 3.70. The van der Waals surface area contributed by atoms with Crippen LogP contribution in [0.25, 0.3) is 0 Å². The van der Waals surface area contributed by atoms with Gasteiger partial charge in [0.1, 0.15) is 0 Å². The largest absolute Gasteiger partial charge is 0.367 e. The van der Waals surface area contributed by atoms with Gasteiger partial charge in [-0.25, -0.2) is 0 Å². The van der Waals surface area contributed by atoms with E-state index in [9.17, 15) is 0 Å². The lowest BCUT2D eigenvalue weighted by Crippen LogP contribution is -2.41. The molecule has 3 heteroatoms. The van der Waals surface area contributed by atoms with Gasteiger partial charge in [0.25, 0.3) is 0 Å². The zero-order chi connectivity index (χ0) is 14.4. The molecule has 1 heterocycles. The van der Waals surface area contributed by atoms with Gasteiger partial charge in [-0.15, -0.1) is 0 Å². The SMILES string of the molecule is CCCNC(CC)c1ccccc1N1CCSCC1C. The third-order valence-electron chi connectivity index (χ3n) is 4.04. The van der Waals surface area contributed by atoms with Crippen LogP contribution in [0.2, 0.25) is 0 Å². The molecule has 0 bridgehead atoms. The Kier molecular flexibility index (Phi) is 6.24. The molecule has 1 aliphatic heterocycles. The van der Waals surface area contributed by atoms with Crippen LogP contribution in [-0.4, -0.2) is 30.6 Å². The Labute approximate surface area is 128 Å². The maximum absolute atomic E-state index is 3.70. The molecule has 2 atom stereocenters. The Balaban J connectivity index is 2.24. The van der Waals surface area contributed by atoms with E-state index in [4.69, 9.17) is 0 Å². The highest BCUT2D eigenvalue weighted by Gasteiger charge is 2.23. The van der Waals surface area contributed by atoms with Crippen LogP contribution < -0.4 is 10.2 Å². The van der Waals surface area contributed by atoms with E-state index in [0.717, 1.165) is 13.0 Å². The minimum Gasteiger partial charge on any atom is -0.367 e. The molecule has 2 nitrogen and oxygen atoms in total. The third kappa shape index (κ3) is 3.70. The smallest absolute Gasteiger partial charge is 0.0417 e. The average Bonchev–Trinajstić information content (AvgIpc) is 2.49. The van der Waals surface area contributed by atoms with Crippen LogP contribution in [0.15, 0.2) is 24.3 Å². The number of hydrogen-bond acceptors (Lipinski definition) is 3. The number of nitrogens with one attached hydrogen (secondary N) is 1. The molecule has 1 saturated heterocycles. The van der Waals surface area contributed by atoms with E-state index < -0.39 is 0 Å². The lowest BCUT2D eigenvalue weighted by Gasteiger charge is -2.37. The molecule has 1 aromatic carbocycles. The second-order valence-corrected chi connectivity index (χ2v) is 6.74. The molecule has 112 valence electrons. The quantitative estimate of drug-likeness (QED) is 0.850. The fourth-order valence-corrected chi connectivity index (χ4v) is 3.94. The van der Waals surface area contributed by atoms with Crippen LogP contribution in [0.4, 0.5) is 5.69 Å². The average molecular weight is 292 g/mol. The summed E-state index contributed by atoms with van der Waals surface area (Å²) in [6, 6.07) is 10.1. The van der Waals surface area contributed by atoms with Gasteiger partial charge in [-0.1, -0.05) is 32.0 Å². The number of rotatable bonds is 6. The molecule has 0 saturated carbocycles. The summed E-state index contributed by atoms with van der Waals surface area (Å²) in [5.74, 6) is 2.49. The summed E-state index contributed by atoms with van der Waals surface area (Å²) in [5.41, 5.74) is 2.91. The van der Waals surface area contributed by atoms with Crippen molar-refractivity contribution in [2.24, 2.45) is 0 Å². The summed E-state index contributed by atoms with van der Waals surface area (Å²) in [7, 11) is 0. The molecule has 20 heavy (non-hydrogen) atoms. The summed E-state index contributed by atoms with van der Waals surface area (Å²) in [6.07, 6.45) is 2.34. The van der Waals surface area contributed by atoms with Crippen molar-refractivity contribution in [1.82, 2.24) is 5.32 Å². The van der Waals surface area contributed by atoms with Crippen molar-refractivity contribution in [3.05, 3.63) is 29.8 Å². The van der Waals surface area contributed by atoms with Crippen LogP contribution >= 0.6 is 11.8 Å². The highest BCUT2D eigenvalue weighted by molar-refractivity contribution is 7.99. The fraction of sp³-hybridized carbons (Fsp3) is 0.647. The summed E-state index contributed by atoms with van der Waals surface area (Å²) in [5, 5.41) is 3.70. The first-order chi connectivity index (χ1) is 9.77. The van der Waals surface area contributed by atoms with Crippen molar-refractivity contribution in [3.63, 3.8) is 0 Å². The van der Waals surface area contributed by atoms with Crippen LogP contribution in [0.5, 0.6) is 0 Å². The first-order valence-corrected chi connectivity index (χ1v) is 9.10. The number of hydrogen-bond donors (Lipinski definition) is 1. The van der Waals surface area contributed by atoms with Crippen LogP contribution in [0.3, 0.4) is 0 Å². The second kappa shape index (κ2) is 7.94. The Morgan fingerprint density at radius 1 is 1.35 bits per heavy atom. The molecule has 1 aromatic rings. The normalized spacial score (nSPS) is 20.9. The standard InChI is InChI=1S/C17H28N2S/c1-4-10-18-16(5-2)15-8-6-7-9-17(15)19-11-12-20-13-14(19)3/h6-9,14,16,18H,4-5,10-13H2,1-3H3. The first-order valence-electron chi connectivity index (χ1n) is 7.94. The molecular formula is C17H28N2S. The van der Waals surface area contributed by atoms with Gasteiger partial charge in [-0.2, -0.15) is 11.8 Å². The van der Waals surface area contributed by atoms with Gasteiger partial charge < -0.3 is 10.2 Å². The maximum Gasteiger partial charge on any atom is 0.0417 e. The van der Waals surface area contributed by atoms with Gasteiger partial charge in [-0.3, -0.25) is 0 Å². The van der Waals surface area contributed by atoms with E-state index in [0.29, 0.717) is 12.1 Å². The Morgan fingerprint density at radius 3 is 2.85 bits per heavy atom. The van der Waals surface area contributed by atoms with Gasteiger partial charge >= 0.3 is 0 Å². The number of para-hydroxylation sites is 1. The molecule has 1 N–H and O–H groups in total. The zero-order valence-corrected chi connectivity index (χ0v) is 13.9. The molecule has 0 amide bonds. The minimum atomic E-state index is 0.480. The van der Waals surface area contributed by atoms with Crippen molar-refractivity contribution in [2.75, 3.05) is 29.5 Å². The van der Waals surface area contributed by atoms with Gasteiger partial charge in [0.05, 0.1) is 0 Å². The van der Waals surface area contributed by atoms with Gasteiger partial charge in [-0.05, 0) is 37.9 Å². The van der Waals surface area contributed by atoms with E-state index in [1.54, 1.807) is 0 Å². The molecule has 0 aliphatic carbocycles. The highest BCUT2D eigenvalue weighted by atomic mass is 32.2. The minimum absolute atomic E-state index is 0.480. The monoisotopic (exact) mass is 292 g/mol. The fourth-order valence-electron chi connectivity index (χ4n) is 2.92. The number of benzene rings is 1. The van der Waals surface area contributed by atoms with Crippen molar-refractivity contribution in [1.29, 1.82) is 0 Å². The second-order valence-electron chi connectivity index (χ2n) is 5.59. The molecule has 0 aromatic heterocycles. The summed E-state index contributed by atoms with van der Waals surface area (Å²) in [6.45, 7) is 9.13. The Bertz CT molecular complexity index is 408. The molecule has 1 fully saturated rings. The Hall–Kier alpha value is -0.670. The number of thioether (sulfide) groups is 1. The molecule has 0 radical (unpaired) electrons. The molecule has 2 rings (SSSR count). The van der Waals surface area contributed by atoms with Crippen molar-refractivity contribution < 1.29 is 0 Å². The highest BCUT2D eigenvalue weighted by Crippen LogP contribution is 2.32. The van der Waals surface area contributed by atoms with E-state index in [1.807, 2.05) is 0 Å². The predicted molar refractivity (Wildman–Crippen MR) is 91.9 cm³/mol. The van der Waals surface area contributed by atoms with Crippen LogP contribution in [-0.2, 0) is 0 Å². The zero-order valence-electron chi connectivity index (χ0n) is 13.1. The Morgan fingerprint density at radius 2 is 2.15 bits per heavy atom. The lowest BCUT2D eigenvalue weighted by atomic mass is 10.0. The van der Waals surface area contributed by atoms with E-state index >= 15 is 0 Å². The van der Waals surface area contributed by atoms with Gasteiger partial charge in [0, 0.05) is 35.8 Å². The van der Waals surface area contributed by atoms with E-state index in [1.165, 1.54) is 35.7 Å². The molecule has 2 unspecified atom stereocenters. The summed E-state index contributed by atoms with van der Waals surface area (Å²) in [4.78, 5) is 2.60. The van der Waals surface area contributed by atoms with E-state index in [-0.39, 0.29) is 0 Å². The predicted octanol–water partition coefficient (Wildman–Crippen LogP) is 4.08. The van der Waals surface area contributed by atoms with Crippen LogP contribution in [0, 0.1) is 0 Å². The number of nitrogens with zero attached hydrogens (tertiary/aromatic N) is 1. The van der Waals surface area contributed by atoms with E-state index in [2.05, 4.69) is 67.0 Å². The van der Waals surface area contributed by atoms with Gasteiger partial charge in [0.15, 0.2) is 0 Å². The van der Waals surface area contributed by atoms with Crippen molar-refractivity contribution in [2.45, 2.75) is 45.7 Å². The number of anilines is 1. The summed E-state index contributed by atoms with van der Waals surface area (Å²) < 4.78 is 0. The van der Waals surface area contributed by atoms with Crippen LogP contribution in [0.1, 0.15) is 45.2 Å². The molecule has 0 spiro atoms. The summed E-state index contributed by atoms with van der Waals surface area (Å²) >= 11 is 2.08. The lowest BCUT2D eigenvalue weighted by molar-refractivity contribution is 0.516. The molecular weight excluding hydrogens is 264 g/mol. The third-order valence-corrected chi connectivity index (χ3v) is 5.23. The topological polar surface area (TPSA) is 15.3 Å². The van der Waals surface area contributed by atoms with Gasteiger partial charge in [0.2, 0.25) is 0 Å². The van der Waals surface area contributed by atoms with Crippen molar-refractivity contribution in [3.8, 4) is 0 Å². The first kappa shape index (κ1) is 15.7.